The van der Waals surface area contributed by atoms with E-state index < -0.39 is 0 Å². The number of hydrogen-bond acceptors (Lipinski definition) is 3. The van der Waals surface area contributed by atoms with Gasteiger partial charge in [-0.1, -0.05) is 32.9 Å². The Morgan fingerprint density at radius 1 is 0.885 bits per heavy atom. The Labute approximate surface area is 154 Å². The summed E-state index contributed by atoms with van der Waals surface area (Å²) in [6.07, 6.45) is 1.51. The second kappa shape index (κ2) is 9.61. The van der Waals surface area contributed by atoms with Crippen LogP contribution in [0.25, 0.3) is 0 Å². The first-order chi connectivity index (χ1) is 12.5. The largest absolute Gasteiger partial charge is 0.484 e. The van der Waals surface area contributed by atoms with Gasteiger partial charge in [-0.2, -0.15) is 0 Å². The average Bonchev–Trinajstić information content (AvgIpc) is 2.67. The van der Waals surface area contributed by atoms with Gasteiger partial charge in [0, 0.05) is 17.8 Å². The Kier molecular flexibility index (Phi) is 7.21. The van der Waals surface area contributed by atoms with Gasteiger partial charge in [0.05, 0.1) is 0 Å². The van der Waals surface area contributed by atoms with Crippen LogP contribution in [0.4, 0.5) is 11.4 Å². The van der Waals surface area contributed by atoms with Gasteiger partial charge in [0.1, 0.15) is 5.75 Å². The number of amides is 2. The van der Waals surface area contributed by atoms with Crippen LogP contribution < -0.4 is 15.4 Å². The molecule has 2 N–H and O–H groups in total. The van der Waals surface area contributed by atoms with Crippen LogP contribution in [0.2, 0.25) is 0 Å². The van der Waals surface area contributed by atoms with Crippen molar-refractivity contribution >= 4 is 23.2 Å². The highest BCUT2D eigenvalue weighted by atomic mass is 16.5. The Morgan fingerprint density at radius 2 is 1.42 bits per heavy atom. The van der Waals surface area contributed by atoms with Crippen LogP contribution in [0, 0.1) is 0 Å². The third-order valence-electron chi connectivity index (χ3n) is 4.20. The van der Waals surface area contributed by atoms with Crippen LogP contribution in [-0.4, -0.2) is 18.4 Å². The first kappa shape index (κ1) is 19.5. The molecule has 1 atom stereocenters. The van der Waals surface area contributed by atoms with Gasteiger partial charge in [-0.3, -0.25) is 9.59 Å². The minimum absolute atomic E-state index is 0.0467. The number of benzene rings is 2. The first-order valence-corrected chi connectivity index (χ1v) is 8.94. The zero-order valence-corrected chi connectivity index (χ0v) is 15.5. The average molecular weight is 354 g/mol. The van der Waals surface area contributed by atoms with Crippen LogP contribution in [0.5, 0.6) is 5.75 Å². The summed E-state index contributed by atoms with van der Waals surface area (Å²) in [6, 6.07) is 14.8. The smallest absolute Gasteiger partial charge is 0.262 e. The van der Waals surface area contributed by atoms with Crippen molar-refractivity contribution in [2.24, 2.45) is 0 Å². The van der Waals surface area contributed by atoms with Gasteiger partial charge in [-0.05, 0) is 54.3 Å². The minimum atomic E-state index is -0.235. The van der Waals surface area contributed by atoms with E-state index in [9.17, 15) is 9.59 Å². The molecule has 26 heavy (non-hydrogen) atoms. The maximum absolute atomic E-state index is 12.0. The monoisotopic (exact) mass is 354 g/mol. The van der Waals surface area contributed by atoms with E-state index in [2.05, 4.69) is 24.5 Å². The molecule has 0 radical (unpaired) electrons. The maximum atomic E-state index is 12.0. The number of hydrogen-bond donors (Lipinski definition) is 2. The van der Waals surface area contributed by atoms with E-state index in [1.807, 2.05) is 24.3 Å². The van der Waals surface area contributed by atoms with Crippen molar-refractivity contribution in [3.05, 3.63) is 54.1 Å². The molecule has 5 nitrogen and oxygen atoms in total. The van der Waals surface area contributed by atoms with E-state index in [0.717, 1.165) is 6.42 Å². The van der Waals surface area contributed by atoms with Crippen molar-refractivity contribution in [3.8, 4) is 5.75 Å². The molecule has 2 amide bonds. The van der Waals surface area contributed by atoms with Crippen LogP contribution in [0.15, 0.2) is 48.5 Å². The lowest BCUT2D eigenvalue weighted by atomic mass is 9.99. The number of nitrogens with one attached hydrogen (secondary N) is 2. The van der Waals surface area contributed by atoms with Crippen LogP contribution in [0.1, 0.15) is 45.1 Å². The third-order valence-corrected chi connectivity index (χ3v) is 4.20. The Hall–Kier alpha value is -2.82. The number of carbonyl (C=O) groups excluding carboxylic acids is 2. The van der Waals surface area contributed by atoms with E-state index in [0.29, 0.717) is 29.5 Å². The zero-order valence-electron chi connectivity index (χ0n) is 15.5. The summed E-state index contributed by atoms with van der Waals surface area (Å²) in [7, 11) is 0. The van der Waals surface area contributed by atoms with Crippen molar-refractivity contribution in [1.82, 2.24) is 0 Å². The maximum Gasteiger partial charge on any atom is 0.262 e. The summed E-state index contributed by atoms with van der Waals surface area (Å²) in [6.45, 7) is 6.07. The molecule has 0 unspecified atom stereocenters. The molecule has 0 bridgehead atoms. The van der Waals surface area contributed by atoms with Crippen molar-refractivity contribution in [3.63, 3.8) is 0 Å². The number of ether oxygens (including phenoxy) is 1. The predicted molar refractivity (Wildman–Crippen MR) is 105 cm³/mol. The second-order valence-corrected chi connectivity index (χ2v) is 6.19. The molecule has 0 saturated carbocycles. The summed E-state index contributed by atoms with van der Waals surface area (Å²) in [5.74, 6) is 0.901. The standard InChI is InChI=1S/C21H26N2O3/c1-4-15(3)16-6-12-19(13-7-16)26-14-21(25)23-18-10-8-17(9-11-18)22-20(24)5-2/h6-13,15H,4-5,14H2,1-3H3,(H,22,24)(H,23,25)/t15-/m0/s1. The number of rotatable bonds is 8. The minimum Gasteiger partial charge on any atom is -0.484 e. The van der Waals surface area contributed by atoms with E-state index >= 15 is 0 Å². The Balaban J connectivity index is 1.82. The summed E-state index contributed by atoms with van der Waals surface area (Å²) < 4.78 is 5.53. The van der Waals surface area contributed by atoms with Gasteiger partial charge in [0.15, 0.2) is 6.61 Å². The SMILES string of the molecule is CCC(=O)Nc1ccc(NC(=O)COc2ccc([C@@H](C)CC)cc2)cc1. The van der Waals surface area contributed by atoms with Crippen LogP contribution in [-0.2, 0) is 9.59 Å². The van der Waals surface area contributed by atoms with Crippen LogP contribution in [0.3, 0.4) is 0 Å². The molecule has 0 fully saturated rings. The van der Waals surface area contributed by atoms with Gasteiger partial charge in [0.2, 0.25) is 5.91 Å². The molecule has 138 valence electrons. The first-order valence-electron chi connectivity index (χ1n) is 8.94. The molecular weight excluding hydrogens is 328 g/mol. The molecule has 2 aromatic rings. The van der Waals surface area contributed by atoms with E-state index in [1.165, 1.54) is 5.56 Å². The lowest BCUT2D eigenvalue weighted by Gasteiger charge is -2.11. The quantitative estimate of drug-likeness (QED) is 0.730. The molecule has 0 aliphatic carbocycles. The van der Waals surface area contributed by atoms with Crippen molar-refractivity contribution < 1.29 is 14.3 Å². The molecule has 0 aliphatic rings. The normalized spacial score (nSPS) is 11.5. The lowest BCUT2D eigenvalue weighted by molar-refractivity contribution is -0.118. The highest BCUT2D eigenvalue weighted by Crippen LogP contribution is 2.21. The summed E-state index contributed by atoms with van der Waals surface area (Å²) >= 11 is 0. The van der Waals surface area contributed by atoms with Gasteiger partial charge >= 0.3 is 0 Å². The van der Waals surface area contributed by atoms with Gasteiger partial charge in [-0.25, -0.2) is 0 Å². The number of anilines is 2. The summed E-state index contributed by atoms with van der Waals surface area (Å²) in [5, 5.41) is 5.53. The van der Waals surface area contributed by atoms with Crippen LogP contribution >= 0.6 is 0 Å². The van der Waals surface area contributed by atoms with E-state index in [4.69, 9.17) is 4.74 Å². The van der Waals surface area contributed by atoms with Gasteiger partial charge in [-0.15, -0.1) is 0 Å². The fourth-order valence-electron chi connectivity index (χ4n) is 2.36. The molecular formula is C21H26N2O3. The van der Waals surface area contributed by atoms with Crippen molar-refractivity contribution in [2.45, 2.75) is 39.5 Å². The second-order valence-electron chi connectivity index (χ2n) is 6.19. The summed E-state index contributed by atoms with van der Waals surface area (Å²) in [4.78, 5) is 23.4. The zero-order chi connectivity index (χ0) is 18.9. The Morgan fingerprint density at radius 3 is 1.92 bits per heavy atom. The third kappa shape index (κ3) is 5.92. The molecule has 0 heterocycles. The highest BCUT2D eigenvalue weighted by Gasteiger charge is 2.06. The molecule has 0 saturated heterocycles. The van der Waals surface area contributed by atoms with Crippen molar-refractivity contribution in [1.29, 1.82) is 0 Å². The fraction of sp³-hybridized carbons (Fsp3) is 0.333. The fourth-order valence-corrected chi connectivity index (χ4v) is 2.36. The molecule has 0 aromatic heterocycles. The van der Waals surface area contributed by atoms with E-state index in [-0.39, 0.29) is 18.4 Å². The van der Waals surface area contributed by atoms with E-state index in [1.54, 1.807) is 31.2 Å². The van der Waals surface area contributed by atoms with Gasteiger partial charge < -0.3 is 15.4 Å². The highest BCUT2D eigenvalue weighted by molar-refractivity contribution is 5.93. The lowest BCUT2D eigenvalue weighted by Crippen LogP contribution is -2.20. The number of carbonyl (C=O) groups is 2. The summed E-state index contributed by atoms with van der Waals surface area (Å²) in [5.41, 5.74) is 2.62. The van der Waals surface area contributed by atoms with Gasteiger partial charge in [0.25, 0.3) is 5.91 Å². The molecule has 2 aromatic carbocycles. The molecule has 0 spiro atoms. The molecule has 2 rings (SSSR count). The predicted octanol–water partition coefficient (Wildman–Crippen LogP) is 4.57. The van der Waals surface area contributed by atoms with Crippen molar-refractivity contribution in [2.75, 3.05) is 17.2 Å². The molecule has 5 heteroatoms. The topological polar surface area (TPSA) is 67.4 Å². The Bertz CT molecular complexity index is 724. The molecule has 0 aliphatic heterocycles.